The van der Waals surface area contributed by atoms with E-state index in [0.29, 0.717) is 23.3 Å². The van der Waals surface area contributed by atoms with Crippen LogP contribution in [0.3, 0.4) is 0 Å². The van der Waals surface area contributed by atoms with Gasteiger partial charge < -0.3 is 13.8 Å². The predicted octanol–water partition coefficient (Wildman–Crippen LogP) is 4.44. The van der Waals surface area contributed by atoms with Crippen molar-refractivity contribution in [2.75, 3.05) is 19.6 Å². The molecule has 112 valence electrons. The lowest BCUT2D eigenvalue weighted by molar-refractivity contribution is 0.196. The molecular formula is C13H19O4PS2. The van der Waals surface area contributed by atoms with Gasteiger partial charge >= 0.3 is 7.60 Å². The van der Waals surface area contributed by atoms with Crippen molar-refractivity contribution in [2.45, 2.75) is 19.6 Å². The van der Waals surface area contributed by atoms with Gasteiger partial charge in [-0.05, 0) is 31.6 Å². The van der Waals surface area contributed by atoms with Gasteiger partial charge in [-0.2, -0.15) is 0 Å². The molecular weight excluding hydrogens is 315 g/mol. The van der Waals surface area contributed by atoms with Crippen molar-refractivity contribution in [3.63, 3.8) is 0 Å². The van der Waals surface area contributed by atoms with Crippen molar-refractivity contribution in [3.8, 4) is 0 Å². The van der Waals surface area contributed by atoms with E-state index in [4.69, 9.17) is 26.0 Å². The summed E-state index contributed by atoms with van der Waals surface area (Å²) in [6, 6.07) is 9.93. The first kappa shape index (κ1) is 17.7. The number of ether oxygens (including phenoxy) is 1. The summed E-state index contributed by atoms with van der Waals surface area (Å²) >= 11 is 6.48. The van der Waals surface area contributed by atoms with Crippen LogP contribution in [0.1, 0.15) is 19.4 Å². The number of thioether (sulfide) groups is 1. The SMILES string of the molecule is CCOP(=O)(COC(=S)SCc1ccccc1)OCC. The quantitative estimate of drug-likeness (QED) is 0.517. The maximum atomic E-state index is 12.2. The van der Waals surface area contributed by atoms with Gasteiger partial charge in [0.15, 0.2) is 6.35 Å². The molecule has 0 fully saturated rings. The van der Waals surface area contributed by atoms with E-state index in [1.165, 1.54) is 11.8 Å². The molecule has 1 aromatic carbocycles. The molecule has 20 heavy (non-hydrogen) atoms. The molecule has 0 aliphatic carbocycles. The molecule has 0 unspecified atom stereocenters. The maximum Gasteiger partial charge on any atom is 0.367 e. The van der Waals surface area contributed by atoms with Crippen molar-refractivity contribution in [1.82, 2.24) is 0 Å². The number of rotatable bonds is 8. The summed E-state index contributed by atoms with van der Waals surface area (Å²) in [7, 11) is -3.19. The summed E-state index contributed by atoms with van der Waals surface area (Å²) in [5, 5.41) is 0. The minimum absolute atomic E-state index is 0.144. The first-order chi connectivity index (χ1) is 9.59. The van der Waals surface area contributed by atoms with Crippen LogP contribution >= 0.6 is 31.6 Å². The molecule has 0 N–H and O–H groups in total. The van der Waals surface area contributed by atoms with E-state index in [1.807, 2.05) is 30.3 Å². The van der Waals surface area contributed by atoms with Crippen LogP contribution in [0, 0.1) is 0 Å². The second-order valence-corrected chi connectivity index (χ2v) is 7.32. The number of benzene rings is 1. The molecule has 0 radical (unpaired) electrons. The highest BCUT2D eigenvalue weighted by Crippen LogP contribution is 2.48. The van der Waals surface area contributed by atoms with Crippen molar-refractivity contribution in [1.29, 1.82) is 0 Å². The normalized spacial score (nSPS) is 11.3. The average Bonchev–Trinajstić information content (AvgIpc) is 2.45. The number of hydrogen-bond donors (Lipinski definition) is 0. The summed E-state index contributed by atoms with van der Waals surface area (Å²) in [5.41, 5.74) is 1.15. The van der Waals surface area contributed by atoms with Crippen LogP contribution in [-0.4, -0.2) is 23.9 Å². The van der Waals surface area contributed by atoms with Crippen LogP contribution in [0.5, 0.6) is 0 Å². The Balaban J connectivity index is 2.36. The van der Waals surface area contributed by atoms with E-state index in [1.54, 1.807) is 13.8 Å². The third-order valence-electron chi connectivity index (χ3n) is 2.19. The molecule has 0 atom stereocenters. The molecule has 4 nitrogen and oxygen atoms in total. The Kier molecular flexibility index (Phi) is 8.41. The molecule has 0 spiro atoms. The molecule has 0 aliphatic heterocycles. The van der Waals surface area contributed by atoms with Gasteiger partial charge in [0.25, 0.3) is 0 Å². The van der Waals surface area contributed by atoms with E-state index in [9.17, 15) is 4.57 Å². The molecule has 0 aliphatic rings. The molecule has 0 heterocycles. The van der Waals surface area contributed by atoms with Gasteiger partial charge in [0.2, 0.25) is 4.38 Å². The average molecular weight is 334 g/mol. The summed E-state index contributed by atoms with van der Waals surface area (Å²) in [6.07, 6.45) is -0.144. The third kappa shape index (κ3) is 6.86. The highest BCUT2D eigenvalue weighted by atomic mass is 32.2. The first-order valence-corrected chi connectivity index (χ1v) is 9.43. The molecule has 0 aromatic heterocycles. The van der Waals surface area contributed by atoms with Crippen molar-refractivity contribution >= 4 is 36.0 Å². The summed E-state index contributed by atoms with van der Waals surface area (Å²) in [6.45, 7) is 4.14. The molecule has 0 saturated carbocycles. The molecule has 1 rings (SSSR count). The van der Waals surface area contributed by atoms with E-state index < -0.39 is 7.60 Å². The predicted molar refractivity (Wildman–Crippen MR) is 87.1 cm³/mol. The van der Waals surface area contributed by atoms with Gasteiger partial charge in [-0.25, -0.2) is 0 Å². The highest BCUT2D eigenvalue weighted by Gasteiger charge is 2.25. The summed E-state index contributed by atoms with van der Waals surface area (Å²) < 4.78 is 28.1. The topological polar surface area (TPSA) is 44.8 Å². The largest absolute Gasteiger partial charge is 0.466 e. The van der Waals surface area contributed by atoms with Crippen LogP contribution in [0.2, 0.25) is 0 Å². The zero-order chi connectivity index (χ0) is 14.8. The van der Waals surface area contributed by atoms with Gasteiger partial charge in [-0.1, -0.05) is 42.1 Å². The third-order valence-corrected chi connectivity index (χ3v) is 5.24. The Bertz CT molecular complexity index is 443. The Morgan fingerprint density at radius 2 is 1.80 bits per heavy atom. The zero-order valence-corrected chi connectivity index (χ0v) is 14.1. The number of thiocarbonyl (C=S) groups is 1. The minimum Gasteiger partial charge on any atom is -0.466 e. The van der Waals surface area contributed by atoms with Crippen molar-refractivity contribution in [2.24, 2.45) is 0 Å². The fourth-order valence-corrected chi connectivity index (χ4v) is 3.72. The zero-order valence-electron chi connectivity index (χ0n) is 11.6. The second-order valence-electron chi connectivity index (χ2n) is 3.74. The van der Waals surface area contributed by atoms with E-state index in [2.05, 4.69) is 0 Å². The van der Waals surface area contributed by atoms with E-state index in [0.717, 1.165) is 5.56 Å². The fourth-order valence-electron chi connectivity index (χ4n) is 1.40. The Hall–Kier alpha value is -0.390. The van der Waals surface area contributed by atoms with Crippen molar-refractivity contribution < 1.29 is 18.3 Å². The lowest BCUT2D eigenvalue weighted by atomic mass is 10.2. The molecule has 0 amide bonds. The summed E-state index contributed by atoms with van der Waals surface area (Å²) in [5.74, 6) is 0.716. The first-order valence-electron chi connectivity index (χ1n) is 6.31. The lowest BCUT2D eigenvalue weighted by Gasteiger charge is -2.17. The Labute approximate surface area is 129 Å². The monoisotopic (exact) mass is 334 g/mol. The van der Waals surface area contributed by atoms with Gasteiger partial charge in [-0.15, -0.1) is 0 Å². The highest BCUT2D eigenvalue weighted by molar-refractivity contribution is 8.22. The van der Waals surface area contributed by atoms with Crippen LogP contribution in [0.15, 0.2) is 30.3 Å². The lowest BCUT2D eigenvalue weighted by Crippen LogP contribution is -2.06. The van der Waals surface area contributed by atoms with Gasteiger partial charge in [-0.3, -0.25) is 4.57 Å². The maximum absolute atomic E-state index is 12.2. The molecule has 0 saturated heterocycles. The van der Waals surface area contributed by atoms with Gasteiger partial charge in [0.1, 0.15) is 0 Å². The number of hydrogen-bond acceptors (Lipinski definition) is 6. The summed E-state index contributed by atoms with van der Waals surface area (Å²) in [4.78, 5) is 0. The smallest absolute Gasteiger partial charge is 0.367 e. The van der Waals surface area contributed by atoms with Crippen molar-refractivity contribution in [3.05, 3.63) is 35.9 Å². The van der Waals surface area contributed by atoms with E-state index in [-0.39, 0.29) is 6.35 Å². The second kappa shape index (κ2) is 9.53. The fraction of sp³-hybridized carbons (Fsp3) is 0.462. The van der Waals surface area contributed by atoms with Crippen LogP contribution in [0.25, 0.3) is 0 Å². The molecule has 1 aromatic rings. The Morgan fingerprint density at radius 1 is 1.20 bits per heavy atom. The standard InChI is InChI=1S/C13H19O4PS2/c1-3-16-18(14,17-4-2)11-15-13(19)20-10-12-8-6-5-7-9-12/h5-9H,3-4,10-11H2,1-2H3. The Morgan fingerprint density at radius 3 is 2.35 bits per heavy atom. The van der Waals surface area contributed by atoms with E-state index >= 15 is 0 Å². The van der Waals surface area contributed by atoms with Gasteiger partial charge in [0, 0.05) is 5.75 Å². The molecule has 0 bridgehead atoms. The van der Waals surface area contributed by atoms with Crippen LogP contribution in [0.4, 0.5) is 0 Å². The van der Waals surface area contributed by atoms with Gasteiger partial charge in [0.05, 0.1) is 13.2 Å². The minimum atomic E-state index is -3.19. The van der Waals surface area contributed by atoms with Crippen LogP contribution in [-0.2, 0) is 24.1 Å². The van der Waals surface area contributed by atoms with Crippen LogP contribution < -0.4 is 0 Å². The molecule has 7 heteroatoms.